The summed E-state index contributed by atoms with van der Waals surface area (Å²) in [7, 11) is 0.662. The molecule has 0 radical (unpaired) electrons. The molecule has 2 atom stereocenters. The van der Waals surface area contributed by atoms with E-state index in [0.29, 0.717) is 30.0 Å². The molecular formula is C38H63B2N13O4. The van der Waals surface area contributed by atoms with Gasteiger partial charge in [0.05, 0.1) is 30.9 Å². The van der Waals surface area contributed by atoms with Gasteiger partial charge in [-0.15, -0.1) is 0 Å². The van der Waals surface area contributed by atoms with Crippen LogP contribution < -0.4 is 9.80 Å². The number of aryl methyl sites for hydroxylation is 2. The number of anilines is 2. The van der Waals surface area contributed by atoms with E-state index in [-0.39, 0.29) is 19.8 Å². The summed E-state index contributed by atoms with van der Waals surface area (Å²) >= 11 is 0. The third kappa shape index (κ3) is 10.3. The molecule has 4 fully saturated rings. The maximum Gasteiger partial charge on any atom is 0.376 e. The van der Waals surface area contributed by atoms with Crippen LogP contribution in [0.5, 0.6) is 0 Å². The van der Waals surface area contributed by atoms with Crippen LogP contribution in [0.2, 0.25) is 13.6 Å². The molecule has 0 aromatic carbocycles. The van der Waals surface area contributed by atoms with E-state index in [9.17, 15) is 14.8 Å². The lowest BCUT2D eigenvalue weighted by atomic mass is 9.82. The Bertz CT molecular complexity index is 1720. The molecule has 0 amide bonds. The summed E-state index contributed by atoms with van der Waals surface area (Å²) in [5, 5.41) is 26.4. The molecule has 19 heteroatoms. The Kier molecular flexibility index (Phi) is 14.9. The van der Waals surface area contributed by atoms with Crippen molar-refractivity contribution in [3.63, 3.8) is 0 Å². The van der Waals surface area contributed by atoms with Crippen LogP contribution in [0.4, 0.5) is 11.6 Å². The summed E-state index contributed by atoms with van der Waals surface area (Å²) in [4.78, 5) is 48.5. The molecule has 4 aliphatic rings. The molecule has 3 N–H and O–H groups in total. The van der Waals surface area contributed by atoms with E-state index < -0.39 is 5.97 Å². The van der Waals surface area contributed by atoms with Crippen molar-refractivity contribution in [3.8, 4) is 11.5 Å². The standard InChI is InChI=1S/C19H31BN8O.C19H32BN5O3/c1-4-15-12-26(9-10-28(15)16-5-7-27(8-6-16)20(3)29)19-14(2)24-17(11-21-19)18-22-13-23-25-18;1-5-15-13-23(18-14(2)22-17(12-21-18)19(26)28-4)10-11-25(15)16-6-8-24(9-7-16)20(3)27/h11,13,15-16,29H,4-10,12H2,1-3H3,(H,22,23,25);12,15-16,27H,5-11,13H2,1-4H3/t2*15-/m00/s1. The lowest BCUT2D eigenvalue weighted by Crippen LogP contribution is -2.59. The van der Waals surface area contributed by atoms with Crippen molar-refractivity contribution in [3.05, 3.63) is 35.8 Å². The molecular weight excluding hydrogens is 724 g/mol. The quantitative estimate of drug-likeness (QED) is 0.201. The zero-order chi connectivity index (χ0) is 40.6. The van der Waals surface area contributed by atoms with Crippen LogP contribution in [0.3, 0.4) is 0 Å². The van der Waals surface area contributed by atoms with Crippen molar-refractivity contribution in [1.82, 2.24) is 54.5 Å². The minimum Gasteiger partial charge on any atom is -0.464 e. The summed E-state index contributed by atoms with van der Waals surface area (Å²) in [6.45, 7) is 21.8. The fraction of sp³-hybridized carbons (Fsp3) is 0.711. The van der Waals surface area contributed by atoms with Gasteiger partial charge in [0.2, 0.25) is 0 Å². The number of methoxy groups -OCH3 is 1. The lowest BCUT2D eigenvalue weighted by Gasteiger charge is -2.48. The van der Waals surface area contributed by atoms with Gasteiger partial charge in [0, 0.05) is 63.4 Å². The number of piperidine rings is 2. The number of hydrogen-bond donors (Lipinski definition) is 3. The van der Waals surface area contributed by atoms with E-state index in [1.807, 2.05) is 27.5 Å². The van der Waals surface area contributed by atoms with Crippen LogP contribution >= 0.6 is 0 Å². The highest BCUT2D eigenvalue weighted by Gasteiger charge is 2.36. The maximum absolute atomic E-state index is 11.7. The normalized spacial score (nSPS) is 22.3. The van der Waals surface area contributed by atoms with Gasteiger partial charge in [0.1, 0.15) is 23.7 Å². The number of hydrogen-bond acceptors (Lipinski definition) is 16. The highest BCUT2D eigenvalue weighted by molar-refractivity contribution is 6.45. The summed E-state index contributed by atoms with van der Waals surface area (Å²) in [5.74, 6) is 2.01. The molecule has 7 heterocycles. The van der Waals surface area contributed by atoms with Crippen molar-refractivity contribution in [2.45, 2.75) is 104 Å². The number of carbonyl (C=O) groups is 1. The molecule has 3 aromatic heterocycles. The summed E-state index contributed by atoms with van der Waals surface area (Å²) in [6, 6.07) is 2.18. The molecule has 0 bridgehead atoms. The number of rotatable bonds is 10. The van der Waals surface area contributed by atoms with Crippen molar-refractivity contribution in [2.75, 3.05) is 82.4 Å². The Hall–Kier alpha value is -3.74. The molecule has 0 aliphatic carbocycles. The van der Waals surface area contributed by atoms with Gasteiger partial charge in [-0.25, -0.2) is 29.7 Å². The van der Waals surface area contributed by atoms with Gasteiger partial charge in [0.15, 0.2) is 11.5 Å². The van der Waals surface area contributed by atoms with Crippen LogP contribution in [-0.4, -0.2) is 181 Å². The molecule has 0 saturated carbocycles. The van der Waals surface area contributed by atoms with Crippen LogP contribution in [0.1, 0.15) is 74.2 Å². The first-order chi connectivity index (χ1) is 27.5. The number of esters is 1. The second-order valence-electron chi connectivity index (χ2n) is 15.9. The Morgan fingerprint density at radius 2 is 1.25 bits per heavy atom. The zero-order valence-electron chi connectivity index (χ0n) is 35.1. The molecule has 4 aliphatic heterocycles. The van der Waals surface area contributed by atoms with Gasteiger partial charge in [0.25, 0.3) is 0 Å². The van der Waals surface area contributed by atoms with E-state index in [1.165, 1.54) is 19.6 Å². The molecule has 17 nitrogen and oxygen atoms in total. The summed E-state index contributed by atoms with van der Waals surface area (Å²) < 4.78 is 4.73. The predicted molar refractivity (Wildman–Crippen MR) is 223 cm³/mol. The monoisotopic (exact) mass is 788 g/mol. The van der Waals surface area contributed by atoms with E-state index in [2.05, 4.69) is 68.2 Å². The molecule has 7 rings (SSSR count). The van der Waals surface area contributed by atoms with Gasteiger partial charge in [-0.1, -0.05) is 13.8 Å². The topological polar surface area (TPSA) is 179 Å². The van der Waals surface area contributed by atoms with Crippen LogP contribution in [0.15, 0.2) is 18.7 Å². The van der Waals surface area contributed by atoms with Gasteiger partial charge < -0.3 is 34.2 Å². The molecule has 0 unspecified atom stereocenters. The number of ether oxygens (including phenoxy) is 1. The minimum absolute atomic E-state index is 0.249. The Balaban J connectivity index is 0.000000193. The maximum atomic E-state index is 11.7. The minimum atomic E-state index is -0.457. The van der Waals surface area contributed by atoms with E-state index in [4.69, 9.17) is 14.7 Å². The van der Waals surface area contributed by atoms with Gasteiger partial charge in [-0.2, -0.15) is 5.10 Å². The molecule has 3 aromatic rings. The first-order valence-electron chi connectivity index (χ1n) is 21.0. The molecule has 0 spiro atoms. The molecule has 4 saturated heterocycles. The van der Waals surface area contributed by atoms with Crippen molar-refractivity contribution < 1.29 is 19.6 Å². The first kappa shape index (κ1) is 42.9. The fourth-order valence-electron chi connectivity index (χ4n) is 9.21. The lowest BCUT2D eigenvalue weighted by molar-refractivity contribution is 0.0593. The first-order valence-corrected chi connectivity index (χ1v) is 21.0. The number of nitrogens with zero attached hydrogens (tertiary/aromatic N) is 12. The third-order valence-electron chi connectivity index (χ3n) is 12.5. The number of nitrogens with one attached hydrogen (secondary N) is 1. The highest BCUT2D eigenvalue weighted by Crippen LogP contribution is 2.29. The third-order valence-corrected chi connectivity index (χ3v) is 12.5. The summed E-state index contributed by atoms with van der Waals surface area (Å²) in [5.41, 5.74) is 2.66. The second kappa shape index (κ2) is 19.8. The van der Waals surface area contributed by atoms with Crippen molar-refractivity contribution >= 4 is 31.7 Å². The highest BCUT2D eigenvalue weighted by atomic mass is 16.5. The van der Waals surface area contributed by atoms with Crippen molar-refractivity contribution in [1.29, 1.82) is 0 Å². The Labute approximate surface area is 338 Å². The van der Waals surface area contributed by atoms with E-state index >= 15 is 0 Å². The van der Waals surface area contributed by atoms with Crippen molar-refractivity contribution in [2.24, 2.45) is 0 Å². The average Bonchev–Trinajstić information content (AvgIpc) is 3.79. The Morgan fingerprint density at radius 3 is 1.65 bits per heavy atom. The van der Waals surface area contributed by atoms with Crippen LogP contribution in [0.25, 0.3) is 11.5 Å². The van der Waals surface area contributed by atoms with Gasteiger partial charge in [-0.3, -0.25) is 14.9 Å². The summed E-state index contributed by atoms with van der Waals surface area (Å²) in [6.07, 6.45) is 11.4. The number of aromatic amines is 1. The number of H-pyrrole nitrogens is 1. The number of carbonyl (C=O) groups excluding carboxylic acids is 1. The predicted octanol–water partition coefficient (Wildman–Crippen LogP) is 2.09. The smallest absolute Gasteiger partial charge is 0.376 e. The molecule has 57 heavy (non-hydrogen) atoms. The number of aromatic nitrogens is 7. The largest absolute Gasteiger partial charge is 0.464 e. The van der Waals surface area contributed by atoms with E-state index in [0.717, 1.165) is 133 Å². The van der Waals surface area contributed by atoms with E-state index in [1.54, 1.807) is 6.20 Å². The van der Waals surface area contributed by atoms with Crippen LogP contribution in [-0.2, 0) is 4.74 Å². The second-order valence-corrected chi connectivity index (χ2v) is 15.9. The van der Waals surface area contributed by atoms with Gasteiger partial charge >= 0.3 is 20.1 Å². The fourth-order valence-corrected chi connectivity index (χ4v) is 9.21. The number of piperazine rings is 2. The van der Waals surface area contributed by atoms with Gasteiger partial charge in [-0.05, 0) is 92.2 Å². The average molecular weight is 788 g/mol. The van der Waals surface area contributed by atoms with Crippen LogP contribution in [0, 0.1) is 13.8 Å². The zero-order valence-corrected chi connectivity index (χ0v) is 35.1. The SMILES string of the molecule is CC[C@H]1CN(c2ncc(-c3ncn[nH]3)nc2C)CCN1C1CCN(B(C)O)CC1.CC[C@H]1CN(c2ncc(C(=O)OC)nc2C)CCN1C1CCN(B(C)O)CC1. The molecule has 310 valence electrons. The Morgan fingerprint density at radius 1 is 0.754 bits per heavy atom.